The Morgan fingerprint density at radius 1 is 1.20 bits per heavy atom. The predicted octanol–water partition coefficient (Wildman–Crippen LogP) is 1.61. The van der Waals surface area contributed by atoms with Crippen LogP contribution in [0.5, 0.6) is 0 Å². The summed E-state index contributed by atoms with van der Waals surface area (Å²) >= 11 is 0. The maximum absolute atomic E-state index is 12.0. The minimum Gasteiger partial charge on any atom is -0.481 e. The third-order valence-corrected chi connectivity index (χ3v) is 4.41. The number of rotatable bonds is 2. The van der Waals surface area contributed by atoms with Gasteiger partial charge in [-0.2, -0.15) is 0 Å². The Kier molecular flexibility index (Phi) is 3.48. The van der Waals surface area contributed by atoms with Crippen LogP contribution < -0.4 is 0 Å². The maximum Gasteiger partial charge on any atom is 0.410 e. The molecular formula is C14H23NO5. The van der Waals surface area contributed by atoms with Crippen molar-refractivity contribution in [1.82, 2.24) is 4.90 Å². The average molecular weight is 285 g/mol. The second kappa shape index (κ2) is 4.62. The number of nitrogens with zero attached hydrogens (tertiary/aromatic N) is 1. The second-order valence-electron chi connectivity index (χ2n) is 6.92. The first-order chi connectivity index (χ1) is 9.10. The Morgan fingerprint density at radius 2 is 1.80 bits per heavy atom. The average Bonchev–Trinajstić information content (AvgIpc) is 2.56. The molecule has 1 atom stereocenters. The van der Waals surface area contributed by atoms with Gasteiger partial charge in [0.2, 0.25) is 0 Å². The topological polar surface area (TPSA) is 87.1 Å². The number of aliphatic carboxylic acids is 1. The van der Waals surface area contributed by atoms with Crippen LogP contribution in [0.2, 0.25) is 0 Å². The number of aliphatic hydroxyl groups is 1. The van der Waals surface area contributed by atoms with Gasteiger partial charge in [0.25, 0.3) is 0 Å². The molecule has 0 spiro atoms. The van der Waals surface area contributed by atoms with Crippen LogP contribution in [-0.4, -0.2) is 51.5 Å². The molecule has 1 amide bonds. The van der Waals surface area contributed by atoms with Gasteiger partial charge in [-0.05, 0) is 40.0 Å². The Balaban J connectivity index is 2.08. The van der Waals surface area contributed by atoms with Gasteiger partial charge in [-0.1, -0.05) is 6.42 Å². The van der Waals surface area contributed by atoms with Gasteiger partial charge in [-0.3, -0.25) is 4.79 Å². The zero-order valence-corrected chi connectivity index (χ0v) is 12.3. The Bertz CT molecular complexity index is 424. The SMILES string of the molecule is CC(C)(C)OC(=O)N1CCC(O)(C2(C(=O)O)CCC2)C1. The standard InChI is InChI=1S/C14H23NO5/c1-12(2,3)20-11(18)15-8-7-14(19,9-15)13(10(16)17)5-4-6-13/h19H,4-9H2,1-3H3,(H,16,17). The number of carboxylic acid groups (broad SMARTS) is 1. The third-order valence-electron chi connectivity index (χ3n) is 4.41. The van der Waals surface area contributed by atoms with E-state index in [9.17, 15) is 19.8 Å². The van der Waals surface area contributed by atoms with Crippen LogP contribution in [0.15, 0.2) is 0 Å². The first-order valence-corrected chi connectivity index (χ1v) is 7.03. The van der Waals surface area contributed by atoms with E-state index in [4.69, 9.17) is 4.74 Å². The third kappa shape index (κ3) is 2.37. The molecule has 2 N–H and O–H groups in total. The summed E-state index contributed by atoms with van der Waals surface area (Å²) in [7, 11) is 0. The predicted molar refractivity (Wildman–Crippen MR) is 71.3 cm³/mol. The number of carbonyl (C=O) groups is 2. The van der Waals surface area contributed by atoms with Crippen LogP contribution in [0.4, 0.5) is 4.79 Å². The van der Waals surface area contributed by atoms with Gasteiger partial charge < -0.3 is 19.8 Å². The molecule has 1 unspecified atom stereocenters. The van der Waals surface area contributed by atoms with Crippen molar-refractivity contribution < 1.29 is 24.5 Å². The van der Waals surface area contributed by atoms with Crippen LogP contribution in [0, 0.1) is 5.41 Å². The highest BCUT2D eigenvalue weighted by molar-refractivity contribution is 5.78. The van der Waals surface area contributed by atoms with Crippen molar-refractivity contribution in [3.8, 4) is 0 Å². The van der Waals surface area contributed by atoms with Crippen LogP contribution in [0.25, 0.3) is 0 Å². The molecule has 2 aliphatic rings. The molecule has 1 saturated carbocycles. The van der Waals surface area contributed by atoms with E-state index >= 15 is 0 Å². The minimum atomic E-state index is -1.34. The molecule has 1 heterocycles. The molecule has 114 valence electrons. The highest BCUT2D eigenvalue weighted by atomic mass is 16.6. The molecule has 20 heavy (non-hydrogen) atoms. The second-order valence-corrected chi connectivity index (χ2v) is 6.92. The van der Waals surface area contributed by atoms with E-state index in [0.717, 1.165) is 6.42 Å². The van der Waals surface area contributed by atoms with Gasteiger partial charge in [0.15, 0.2) is 0 Å². The first kappa shape index (κ1) is 15.1. The van der Waals surface area contributed by atoms with Gasteiger partial charge in [-0.25, -0.2) is 4.79 Å². The molecule has 1 aliphatic carbocycles. The van der Waals surface area contributed by atoms with E-state index < -0.39 is 28.7 Å². The quantitative estimate of drug-likeness (QED) is 0.805. The molecule has 1 aliphatic heterocycles. The van der Waals surface area contributed by atoms with Crippen molar-refractivity contribution >= 4 is 12.1 Å². The lowest BCUT2D eigenvalue weighted by Crippen LogP contribution is -2.58. The highest BCUT2D eigenvalue weighted by Crippen LogP contribution is 2.53. The number of carbonyl (C=O) groups excluding carboxylic acids is 1. The van der Waals surface area contributed by atoms with Crippen molar-refractivity contribution in [2.75, 3.05) is 13.1 Å². The Hall–Kier alpha value is -1.30. The summed E-state index contributed by atoms with van der Waals surface area (Å²) in [6.07, 6.45) is 1.55. The van der Waals surface area contributed by atoms with Crippen molar-refractivity contribution in [2.45, 2.75) is 57.7 Å². The Labute approximate surface area is 118 Å². The monoisotopic (exact) mass is 285 g/mol. The molecule has 0 bridgehead atoms. The fraction of sp³-hybridized carbons (Fsp3) is 0.857. The number of ether oxygens (including phenoxy) is 1. The van der Waals surface area contributed by atoms with E-state index in [1.807, 2.05) is 0 Å². The molecule has 2 fully saturated rings. The van der Waals surface area contributed by atoms with Crippen LogP contribution >= 0.6 is 0 Å². The van der Waals surface area contributed by atoms with Gasteiger partial charge >= 0.3 is 12.1 Å². The van der Waals surface area contributed by atoms with Crippen molar-refractivity contribution in [2.24, 2.45) is 5.41 Å². The van der Waals surface area contributed by atoms with E-state index in [1.54, 1.807) is 20.8 Å². The van der Waals surface area contributed by atoms with Crippen molar-refractivity contribution in [3.05, 3.63) is 0 Å². The highest BCUT2D eigenvalue weighted by Gasteiger charge is 2.62. The minimum absolute atomic E-state index is 0.0359. The van der Waals surface area contributed by atoms with E-state index in [0.29, 0.717) is 25.8 Å². The van der Waals surface area contributed by atoms with Gasteiger partial charge in [0.05, 0.1) is 12.0 Å². The number of likely N-dealkylation sites (tertiary alicyclic amines) is 1. The summed E-state index contributed by atoms with van der Waals surface area (Å²) in [4.78, 5) is 24.9. The molecule has 0 radical (unpaired) electrons. The van der Waals surface area contributed by atoms with Crippen molar-refractivity contribution in [3.63, 3.8) is 0 Å². The molecule has 6 heteroatoms. The van der Waals surface area contributed by atoms with Crippen molar-refractivity contribution in [1.29, 1.82) is 0 Å². The van der Waals surface area contributed by atoms with Gasteiger partial charge in [-0.15, -0.1) is 0 Å². The number of hydrogen-bond acceptors (Lipinski definition) is 4. The number of hydrogen-bond donors (Lipinski definition) is 2. The lowest BCUT2D eigenvalue weighted by Gasteiger charge is -2.48. The summed E-state index contributed by atoms with van der Waals surface area (Å²) in [5.74, 6) is -0.961. The molecule has 1 saturated heterocycles. The lowest BCUT2D eigenvalue weighted by atomic mass is 9.58. The first-order valence-electron chi connectivity index (χ1n) is 7.03. The van der Waals surface area contributed by atoms with E-state index in [1.165, 1.54) is 4.90 Å². The lowest BCUT2D eigenvalue weighted by molar-refractivity contribution is -0.181. The summed E-state index contributed by atoms with van der Waals surface area (Å²) in [5.41, 5.74) is -3.03. The normalized spacial score (nSPS) is 28.9. The molecule has 2 rings (SSSR count). The fourth-order valence-corrected chi connectivity index (χ4v) is 3.08. The molecular weight excluding hydrogens is 262 g/mol. The summed E-state index contributed by atoms with van der Waals surface area (Å²) < 4.78 is 5.27. The zero-order valence-electron chi connectivity index (χ0n) is 12.3. The summed E-state index contributed by atoms with van der Waals surface area (Å²) in [6.45, 7) is 5.70. The van der Waals surface area contributed by atoms with Gasteiger partial charge in [0, 0.05) is 6.54 Å². The fourth-order valence-electron chi connectivity index (χ4n) is 3.08. The number of carboxylic acids is 1. The van der Waals surface area contributed by atoms with Crippen LogP contribution in [0.3, 0.4) is 0 Å². The molecule has 6 nitrogen and oxygen atoms in total. The van der Waals surface area contributed by atoms with Crippen LogP contribution in [0.1, 0.15) is 46.5 Å². The Morgan fingerprint density at radius 3 is 2.20 bits per heavy atom. The molecule has 0 aromatic carbocycles. The largest absolute Gasteiger partial charge is 0.481 e. The van der Waals surface area contributed by atoms with E-state index in [2.05, 4.69) is 0 Å². The smallest absolute Gasteiger partial charge is 0.410 e. The van der Waals surface area contributed by atoms with E-state index in [-0.39, 0.29) is 6.54 Å². The van der Waals surface area contributed by atoms with Crippen LogP contribution in [-0.2, 0) is 9.53 Å². The maximum atomic E-state index is 12.0. The van der Waals surface area contributed by atoms with Gasteiger partial charge in [0.1, 0.15) is 11.2 Å². The number of β-amino-alcohol motifs (C(OH)–C–C–N with tert-alkyl or cyclic N) is 1. The molecule has 0 aromatic heterocycles. The zero-order chi connectivity index (χ0) is 15.2. The number of amides is 1. The molecule has 0 aromatic rings. The summed E-state index contributed by atoms with van der Waals surface area (Å²) in [6, 6.07) is 0. The summed E-state index contributed by atoms with van der Waals surface area (Å²) in [5, 5.41) is 20.1.